The Kier molecular flexibility index (Phi) is 4.09. The summed E-state index contributed by atoms with van der Waals surface area (Å²) in [5.74, 6) is -0.911. The Morgan fingerprint density at radius 3 is 2.67 bits per heavy atom. The SMILES string of the molecule is Cc1cccc(Sc2ccc(Br)cc2C(=O)O)c1. The molecule has 0 aliphatic rings. The Morgan fingerprint density at radius 2 is 2.00 bits per heavy atom. The molecule has 18 heavy (non-hydrogen) atoms. The van der Waals surface area contributed by atoms with Crippen molar-refractivity contribution in [2.24, 2.45) is 0 Å². The van der Waals surface area contributed by atoms with Gasteiger partial charge in [0.15, 0.2) is 0 Å². The van der Waals surface area contributed by atoms with Crippen LogP contribution in [0.1, 0.15) is 15.9 Å². The molecule has 0 aromatic heterocycles. The number of carboxylic acid groups (broad SMARTS) is 1. The second kappa shape index (κ2) is 5.59. The van der Waals surface area contributed by atoms with E-state index in [1.807, 2.05) is 43.3 Å². The highest BCUT2D eigenvalue weighted by atomic mass is 79.9. The molecule has 0 saturated carbocycles. The molecule has 1 N–H and O–H groups in total. The molecule has 2 rings (SSSR count). The zero-order valence-electron chi connectivity index (χ0n) is 9.68. The molecular weight excluding hydrogens is 312 g/mol. The van der Waals surface area contributed by atoms with E-state index in [1.165, 1.54) is 11.8 Å². The van der Waals surface area contributed by atoms with Gasteiger partial charge < -0.3 is 5.11 Å². The molecule has 0 heterocycles. The molecule has 0 saturated heterocycles. The maximum Gasteiger partial charge on any atom is 0.336 e. The summed E-state index contributed by atoms with van der Waals surface area (Å²) in [7, 11) is 0. The zero-order valence-corrected chi connectivity index (χ0v) is 12.1. The maximum atomic E-state index is 11.2. The molecule has 0 aliphatic heterocycles. The van der Waals surface area contributed by atoms with Crippen molar-refractivity contribution in [1.29, 1.82) is 0 Å². The van der Waals surface area contributed by atoms with Crippen molar-refractivity contribution in [3.05, 3.63) is 58.1 Å². The summed E-state index contributed by atoms with van der Waals surface area (Å²) in [4.78, 5) is 13.0. The molecule has 0 aliphatic carbocycles. The standard InChI is InChI=1S/C14H11BrO2S/c1-9-3-2-4-11(7-9)18-13-6-5-10(15)8-12(13)14(16)17/h2-8H,1H3,(H,16,17). The molecule has 2 nitrogen and oxygen atoms in total. The number of halogens is 1. The van der Waals surface area contributed by atoms with Crippen LogP contribution in [0.4, 0.5) is 0 Å². The Bertz CT molecular complexity index is 596. The molecular formula is C14H11BrO2S. The number of benzene rings is 2. The molecule has 0 fully saturated rings. The molecule has 0 amide bonds. The second-order valence-corrected chi connectivity index (χ2v) is 5.90. The van der Waals surface area contributed by atoms with Gasteiger partial charge in [0.25, 0.3) is 0 Å². The minimum atomic E-state index is -0.911. The van der Waals surface area contributed by atoms with Crippen LogP contribution in [-0.2, 0) is 0 Å². The summed E-state index contributed by atoms with van der Waals surface area (Å²) in [6.07, 6.45) is 0. The molecule has 4 heteroatoms. The van der Waals surface area contributed by atoms with Gasteiger partial charge in [-0.15, -0.1) is 0 Å². The quantitative estimate of drug-likeness (QED) is 0.896. The van der Waals surface area contributed by atoms with Crippen LogP contribution in [-0.4, -0.2) is 11.1 Å². The first-order valence-corrected chi connectivity index (χ1v) is 6.94. The predicted octanol–water partition coefficient (Wildman–Crippen LogP) is 4.61. The van der Waals surface area contributed by atoms with Gasteiger partial charge in [-0.1, -0.05) is 45.4 Å². The van der Waals surface area contributed by atoms with E-state index in [9.17, 15) is 9.90 Å². The number of rotatable bonds is 3. The summed E-state index contributed by atoms with van der Waals surface area (Å²) in [6, 6.07) is 13.3. The van der Waals surface area contributed by atoms with Gasteiger partial charge in [-0.2, -0.15) is 0 Å². The first-order chi connectivity index (χ1) is 8.56. The van der Waals surface area contributed by atoms with Crippen molar-refractivity contribution in [3.63, 3.8) is 0 Å². The highest BCUT2D eigenvalue weighted by Crippen LogP contribution is 2.32. The topological polar surface area (TPSA) is 37.3 Å². The van der Waals surface area contributed by atoms with Gasteiger partial charge in [0.2, 0.25) is 0 Å². The number of aryl methyl sites for hydroxylation is 1. The maximum absolute atomic E-state index is 11.2. The first-order valence-electron chi connectivity index (χ1n) is 5.33. The third kappa shape index (κ3) is 3.15. The van der Waals surface area contributed by atoms with Crippen LogP contribution in [0.5, 0.6) is 0 Å². The minimum absolute atomic E-state index is 0.316. The zero-order chi connectivity index (χ0) is 13.1. The predicted molar refractivity (Wildman–Crippen MR) is 76.4 cm³/mol. The number of hydrogen-bond donors (Lipinski definition) is 1. The lowest BCUT2D eigenvalue weighted by Crippen LogP contribution is -1.98. The molecule has 92 valence electrons. The highest BCUT2D eigenvalue weighted by molar-refractivity contribution is 9.10. The van der Waals surface area contributed by atoms with E-state index in [4.69, 9.17) is 0 Å². The minimum Gasteiger partial charge on any atom is -0.478 e. The average Bonchev–Trinajstić information content (AvgIpc) is 2.31. The summed E-state index contributed by atoms with van der Waals surface area (Å²) in [5.41, 5.74) is 1.48. The summed E-state index contributed by atoms with van der Waals surface area (Å²) in [5, 5.41) is 9.19. The molecule has 2 aromatic carbocycles. The van der Waals surface area contributed by atoms with Crippen LogP contribution in [0.2, 0.25) is 0 Å². The van der Waals surface area contributed by atoms with Crippen molar-refractivity contribution in [2.45, 2.75) is 16.7 Å². The second-order valence-electron chi connectivity index (χ2n) is 3.86. The molecule has 0 spiro atoms. The van der Waals surface area contributed by atoms with Crippen molar-refractivity contribution >= 4 is 33.7 Å². The Morgan fingerprint density at radius 1 is 1.22 bits per heavy atom. The first kappa shape index (κ1) is 13.2. The summed E-state index contributed by atoms with van der Waals surface area (Å²) < 4.78 is 0.772. The van der Waals surface area contributed by atoms with Crippen LogP contribution in [0.15, 0.2) is 56.7 Å². The third-order valence-corrected chi connectivity index (χ3v) is 3.95. The van der Waals surface area contributed by atoms with E-state index >= 15 is 0 Å². The monoisotopic (exact) mass is 322 g/mol. The lowest BCUT2D eigenvalue weighted by Gasteiger charge is -2.07. The van der Waals surface area contributed by atoms with Crippen molar-refractivity contribution < 1.29 is 9.90 Å². The smallest absolute Gasteiger partial charge is 0.336 e. The van der Waals surface area contributed by atoms with Crippen LogP contribution >= 0.6 is 27.7 Å². The molecule has 0 unspecified atom stereocenters. The lowest BCUT2D eigenvalue weighted by atomic mass is 10.2. The van der Waals surface area contributed by atoms with Gasteiger partial charge >= 0.3 is 5.97 Å². The van der Waals surface area contributed by atoms with E-state index < -0.39 is 5.97 Å². The van der Waals surface area contributed by atoms with Gasteiger partial charge in [-0.05, 0) is 37.3 Å². The normalized spacial score (nSPS) is 10.3. The lowest BCUT2D eigenvalue weighted by molar-refractivity contribution is 0.0693. The van der Waals surface area contributed by atoms with Crippen molar-refractivity contribution in [3.8, 4) is 0 Å². The van der Waals surface area contributed by atoms with E-state index in [-0.39, 0.29) is 0 Å². The van der Waals surface area contributed by atoms with Crippen molar-refractivity contribution in [2.75, 3.05) is 0 Å². The fraction of sp³-hybridized carbons (Fsp3) is 0.0714. The molecule has 0 atom stereocenters. The van der Waals surface area contributed by atoms with Crippen molar-refractivity contribution in [1.82, 2.24) is 0 Å². The van der Waals surface area contributed by atoms with Gasteiger partial charge in [0.1, 0.15) is 0 Å². The third-order valence-electron chi connectivity index (χ3n) is 2.39. The number of aromatic carboxylic acids is 1. The van der Waals surface area contributed by atoms with Gasteiger partial charge in [0, 0.05) is 14.3 Å². The van der Waals surface area contributed by atoms with E-state index in [2.05, 4.69) is 15.9 Å². The van der Waals surface area contributed by atoms with E-state index in [0.717, 1.165) is 19.8 Å². The number of carbonyl (C=O) groups is 1. The van der Waals surface area contributed by atoms with Gasteiger partial charge in [-0.25, -0.2) is 4.79 Å². The fourth-order valence-electron chi connectivity index (χ4n) is 1.56. The number of carboxylic acids is 1. The van der Waals surface area contributed by atoms with Crippen LogP contribution in [0.3, 0.4) is 0 Å². The fourth-order valence-corrected chi connectivity index (χ4v) is 2.96. The van der Waals surface area contributed by atoms with Gasteiger partial charge in [0.05, 0.1) is 5.56 Å². The Balaban J connectivity index is 2.37. The molecule has 0 radical (unpaired) electrons. The van der Waals surface area contributed by atoms with Crippen LogP contribution in [0, 0.1) is 6.92 Å². The van der Waals surface area contributed by atoms with E-state index in [0.29, 0.717) is 5.56 Å². The summed E-state index contributed by atoms with van der Waals surface area (Å²) in [6.45, 7) is 2.02. The Hall–Kier alpha value is -1.26. The Labute approximate surface area is 118 Å². The molecule has 2 aromatic rings. The number of hydrogen-bond acceptors (Lipinski definition) is 2. The van der Waals surface area contributed by atoms with Crippen LogP contribution in [0.25, 0.3) is 0 Å². The summed E-state index contributed by atoms with van der Waals surface area (Å²) >= 11 is 4.75. The highest BCUT2D eigenvalue weighted by Gasteiger charge is 2.11. The van der Waals surface area contributed by atoms with Gasteiger partial charge in [-0.3, -0.25) is 0 Å². The van der Waals surface area contributed by atoms with E-state index in [1.54, 1.807) is 6.07 Å². The van der Waals surface area contributed by atoms with Crippen LogP contribution < -0.4 is 0 Å². The average molecular weight is 323 g/mol. The molecule has 0 bridgehead atoms. The largest absolute Gasteiger partial charge is 0.478 e.